The Hall–Kier alpha value is -9.29. The quantitative estimate of drug-likeness (QED) is 0.0456. The Morgan fingerprint density at radius 3 is 1.20 bits per heavy atom. The van der Waals surface area contributed by atoms with E-state index in [0.717, 1.165) is 23.0 Å². The zero-order chi connectivity index (χ0) is 57.8. The third kappa shape index (κ3) is 10.2. The predicted octanol–water partition coefficient (Wildman–Crippen LogP) is 13.0. The molecule has 16 heteroatoms. The molecular weight excluding hydrogens is 1090 g/mol. The number of aromatic amines is 1. The van der Waals surface area contributed by atoms with Crippen LogP contribution in [-0.2, 0) is 45.3 Å². The van der Waals surface area contributed by atoms with E-state index in [4.69, 9.17) is 23.4 Å². The summed E-state index contributed by atoms with van der Waals surface area (Å²) in [6.45, 7) is -0.471. The van der Waals surface area contributed by atoms with Crippen LogP contribution in [0.1, 0.15) is 56.3 Å². The molecule has 0 unspecified atom stereocenters. The molecule has 2 aromatic heterocycles. The van der Waals surface area contributed by atoms with Crippen LogP contribution in [0.25, 0.3) is 11.2 Å². The minimum Gasteiger partial charge on any atom is -0.358 e. The molecule has 0 radical (unpaired) electrons. The number of alkyl halides is 3. The summed E-state index contributed by atoms with van der Waals surface area (Å²) < 4.78 is 103. The summed E-state index contributed by atoms with van der Waals surface area (Å²) in [5, 5.41) is 3.57. The molecule has 2 N–H and O–H groups in total. The topological polar surface area (TPSA) is 147 Å². The Bertz CT molecular complexity index is 3850. The lowest BCUT2D eigenvalue weighted by Crippen LogP contribution is -2.48. The van der Waals surface area contributed by atoms with Crippen molar-refractivity contribution in [1.29, 1.82) is 0 Å². The van der Waals surface area contributed by atoms with Gasteiger partial charge in [0.15, 0.2) is 23.5 Å². The summed E-state index contributed by atoms with van der Waals surface area (Å²) in [5.41, 5.74) is -5.51. The number of anilines is 1. The van der Waals surface area contributed by atoms with E-state index in [2.05, 4.69) is 15.3 Å². The Kier molecular flexibility index (Phi) is 15.2. The molecule has 84 heavy (non-hydrogen) atoms. The standard InChI is InChI=1S/C68H54F3N5O7S/c69-68(70,71)84(78,79)83-60-59(82-67(54-40-22-7-23-41-54,55-42-24-8-25-43-55)56-44-26-9-27-45-56)57(46-80-66(51-34-16-4-17-35-51,52-36-18-5-19-37-52)53-38-20-6-21-39-53)81-63(60)76-47-72-58-61(76)73-64(74-62(58)77)75-65(48-28-10-1-11-29-48,49-30-12-2-13-31-49)50-32-14-3-15-33-50/h1-45,47,57,59-60,63H,46H2,(H2,73,74,75,77)/t57-,59-,60-,63-/m1/s1. The fourth-order valence-electron chi connectivity index (χ4n) is 11.5. The molecule has 12 nitrogen and oxygen atoms in total. The normalized spacial score (nSPS) is 16.8. The van der Waals surface area contributed by atoms with Crippen LogP contribution in [0.2, 0.25) is 0 Å². The van der Waals surface area contributed by atoms with Crippen molar-refractivity contribution in [3.05, 3.63) is 340 Å². The van der Waals surface area contributed by atoms with Crippen LogP contribution in [0.4, 0.5) is 19.1 Å². The molecule has 1 aliphatic rings. The van der Waals surface area contributed by atoms with Crippen LogP contribution in [0, 0.1) is 0 Å². The first-order chi connectivity index (χ1) is 40.9. The van der Waals surface area contributed by atoms with E-state index in [9.17, 15) is 13.2 Å². The van der Waals surface area contributed by atoms with Gasteiger partial charge in [-0.15, -0.1) is 0 Å². The van der Waals surface area contributed by atoms with Crippen molar-refractivity contribution in [2.75, 3.05) is 11.9 Å². The molecule has 12 rings (SSSR count). The number of ether oxygens (including phenoxy) is 3. The summed E-state index contributed by atoms with van der Waals surface area (Å²) in [6.07, 6.45) is -6.21. The number of nitrogens with zero attached hydrogens (tertiary/aromatic N) is 3. The molecule has 3 heterocycles. The summed E-state index contributed by atoms with van der Waals surface area (Å²) in [5.74, 6) is -0.0773. The fraction of sp³-hybridized carbons (Fsp3) is 0.132. The molecule has 1 aliphatic heterocycles. The van der Waals surface area contributed by atoms with E-state index in [0.29, 0.717) is 33.4 Å². The van der Waals surface area contributed by atoms with Gasteiger partial charge in [-0.1, -0.05) is 273 Å². The lowest BCUT2D eigenvalue weighted by Gasteiger charge is -2.41. The molecule has 420 valence electrons. The van der Waals surface area contributed by atoms with Crippen LogP contribution in [0.5, 0.6) is 0 Å². The summed E-state index contributed by atoms with van der Waals surface area (Å²) in [6, 6.07) is 84.2. The minimum absolute atomic E-state index is 0.0773. The van der Waals surface area contributed by atoms with E-state index < -0.39 is 69.1 Å². The monoisotopic (exact) mass is 1140 g/mol. The average molecular weight is 1140 g/mol. The summed E-state index contributed by atoms with van der Waals surface area (Å²) in [7, 11) is -6.50. The SMILES string of the molecule is O=c1[nH]c(NC(c2ccccc2)(c2ccccc2)c2ccccc2)nc2c1ncn2[C@@H]1O[C@H](COC(c2ccccc2)(c2ccccc2)c2ccccc2)[C@@H](OC(c2ccccc2)(c2ccccc2)c2ccccc2)[C@H]1OS(=O)(=O)C(F)(F)F. The fourth-order valence-corrected chi connectivity index (χ4v) is 12.2. The molecule has 11 aromatic rings. The van der Waals surface area contributed by atoms with Crippen molar-refractivity contribution in [2.24, 2.45) is 0 Å². The number of H-pyrrole nitrogens is 1. The molecule has 0 amide bonds. The van der Waals surface area contributed by atoms with E-state index in [1.54, 1.807) is 36.4 Å². The molecule has 1 saturated heterocycles. The van der Waals surface area contributed by atoms with Gasteiger partial charge in [0, 0.05) is 0 Å². The number of rotatable bonds is 19. The van der Waals surface area contributed by atoms with Gasteiger partial charge in [0.2, 0.25) is 5.95 Å². The number of aromatic nitrogens is 4. The molecule has 0 spiro atoms. The number of imidazole rings is 1. The Morgan fingerprint density at radius 1 is 0.500 bits per heavy atom. The zero-order valence-corrected chi connectivity index (χ0v) is 45.6. The van der Waals surface area contributed by atoms with Crippen LogP contribution in [0.3, 0.4) is 0 Å². The van der Waals surface area contributed by atoms with Crippen molar-refractivity contribution >= 4 is 27.2 Å². The first-order valence-corrected chi connectivity index (χ1v) is 28.5. The molecule has 9 aromatic carbocycles. The molecule has 0 bridgehead atoms. The second-order valence-corrected chi connectivity index (χ2v) is 21.8. The Morgan fingerprint density at radius 2 is 0.845 bits per heavy atom. The number of hydrogen-bond acceptors (Lipinski definition) is 10. The van der Waals surface area contributed by atoms with Crippen molar-refractivity contribution in [3.63, 3.8) is 0 Å². The summed E-state index contributed by atoms with van der Waals surface area (Å²) in [4.78, 5) is 26.9. The van der Waals surface area contributed by atoms with Crippen LogP contribution in [0.15, 0.2) is 284 Å². The van der Waals surface area contributed by atoms with Crippen molar-refractivity contribution in [2.45, 2.75) is 46.8 Å². The highest BCUT2D eigenvalue weighted by molar-refractivity contribution is 7.87. The van der Waals surface area contributed by atoms with Crippen LogP contribution < -0.4 is 10.9 Å². The van der Waals surface area contributed by atoms with Crippen molar-refractivity contribution < 1.29 is 40.0 Å². The lowest BCUT2D eigenvalue weighted by atomic mass is 9.77. The number of fused-ring (bicyclic) bond motifs is 1. The van der Waals surface area contributed by atoms with Gasteiger partial charge in [-0.3, -0.25) is 18.5 Å². The second-order valence-electron chi connectivity index (χ2n) is 20.2. The molecule has 4 atom stereocenters. The van der Waals surface area contributed by atoms with Gasteiger partial charge in [0.05, 0.1) is 12.9 Å². The van der Waals surface area contributed by atoms with Gasteiger partial charge < -0.3 is 19.5 Å². The smallest absolute Gasteiger partial charge is 0.358 e. The van der Waals surface area contributed by atoms with Gasteiger partial charge in [0.1, 0.15) is 28.9 Å². The van der Waals surface area contributed by atoms with Gasteiger partial charge in [-0.2, -0.15) is 26.6 Å². The van der Waals surface area contributed by atoms with E-state index in [1.807, 2.05) is 237 Å². The lowest BCUT2D eigenvalue weighted by molar-refractivity contribution is -0.131. The van der Waals surface area contributed by atoms with Crippen LogP contribution >= 0.6 is 0 Å². The third-order valence-corrected chi connectivity index (χ3v) is 16.3. The molecule has 0 saturated carbocycles. The van der Waals surface area contributed by atoms with E-state index in [1.165, 1.54) is 4.57 Å². The molecule has 1 fully saturated rings. The largest absolute Gasteiger partial charge is 0.523 e. The Labute approximate surface area is 482 Å². The molecular formula is C68H54F3N5O7S. The maximum Gasteiger partial charge on any atom is 0.523 e. The first kappa shape index (κ1) is 55.3. The van der Waals surface area contributed by atoms with Crippen molar-refractivity contribution in [3.8, 4) is 0 Å². The molecule has 0 aliphatic carbocycles. The number of nitrogens with one attached hydrogen (secondary N) is 2. The average Bonchev–Trinajstić information content (AvgIpc) is 1.66. The van der Waals surface area contributed by atoms with Crippen LogP contribution in [-0.4, -0.2) is 58.4 Å². The number of halogens is 3. The van der Waals surface area contributed by atoms with Crippen molar-refractivity contribution in [1.82, 2.24) is 19.5 Å². The predicted molar refractivity (Wildman–Crippen MR) is 314 cm³/mol. The highest BCUT2D eigenvalue weighted by Gasteiger charge is 2.59. The van der Waals surface area contributed by atoms with Gasteiger partial charge in [0.25, 0.3) is 5.56 Å². The van der Waals surface area contributed by atoms with E-state index >= 15 is 13.2 Å². The zero-order valence-electron chi connectivity index (χ0n) is 44.8. The minimum atomic E-state index is -6.50. The summed E-state index contributed by atoms with van der Waals surface area (Å²) >= 11 is 0. The van der Waals surface area contributed by atoms with Gasteiger partial charge >= 0.3 is 15.6 Å². The van der Waals surface area contributed by atoms with Gasteiger partial charge in [-0.05, 0) is 50.1 Å². The maximum absolute atomic E-state index is 15.2. The highest BCUT2D eigenvalue weighted by atomic mass is 32.2. The number of hydrogen-bond donors (Lipinski definition) is 2. The highest BCUT2D eigenvalue weighted by Crippen LogP contribution is 2.49. The maximum atomic E-state index is 15.2. The van der Waals surface area contributed by atoms with Gasteiger partial charge in [-0.25, -0.2) is 4.98 Å². The first-order valence-electron chi connectivity index (χ1n) is 27.1. The number of benzene rings is 9. The second kappa shape index (κ2) is 23.2. The van der Waals surface area contributed by atoms with E-state index in [-0.39, 0.29) is 17.1 Å². The Balaban J connectivity index is 1.08. The third-order valence-electron chi connectivity index (χ3n) is 15.3.